The molecule has 2 saturated heterocycles. The van der Waals surface area contributed by atoms with E-state index in [0.717, 1.165) is 16.7 Å². The lowest BCUT2D eigenvalue weighted by Gasteiger charge is -2.33. The number of benzene rings is 2. The third kappa shape index (κ3) is 6.00. The number of carbonyl (C=O) groups is 4. The highest BCUT2D eigenvalue weighted by molar-refractivity contribution is 6.30. The van der Waals surface area contributed by atoms with Gasteiger partial charge in [-0.3, -0.25) is 24.6 Å². The van der Waals surface area contributed by atoms with Gasteiger partial charge in [0.15, 0.2) is 0 Å². The molecule has 2 amide bonds. The zero-order valence-corrected chi connectivity index (χ0v) is 23.0. The number of methoxy groups -OCH3 is 1. The van der Waals surface area contributed by atoms with Crippen molar-refractivity contribution in [3.63, 3.8) is 0 Å². The van der Waals surface area contributed by atoms with Gasteiger partial charge in [-0.25, -0.2) is 4.79 Å². The molecule has 12 heteroatoms. The summed E-state index contributed by atoms with van der Waals surface area (Å²) in [5, 5.41) is 11.2. The average Bonchev–Trinajstić information content (AvgIpc) is 3.36. The Morgan fingerprint density at radius 2 is 1.70 bits per heavy atom. The van der Waals surface area contributed by atoms with E-state index in [2.05, 4.69) is 5.32 Å². The SMILES string of the molecule is CCN1C(=O)C2C(c3ccc(-c4cccc(Cl)c4)cc3)N[C@@](CC(C)C)(C(=O)OC)C2C1=O.O=C(O)C(F)(F)F. The largest absolute Gasteiger partial charge is 0.490 e. The van der Waals surface area contributed by atoms with Gasteiger partial charge >= 0.3 is 18.1 Å². The molecule has 4 atom stereocenters. The summed E-state index contributed by atoms with van der Waals surface area (Å²) in [6.45, 7) is 6.05. The molecule has 0 radical (unpaired) electrons. The van der Waals surface area contributed by atoms with Crippen molar-refractivity contribution in [3.05, 3.63) is 59.1 Å². The standard InChI is InChI=1S/C26H29ClN2O4.C2HF3O2/c1-5-29-23(30)20-21(24(29)31)26(14-15(2)3,25(32)33-4)28-22(20)17-11-9-16(10-12-17)18-7-6-8-19(27)13-18;3-2(4,5)1(6)7/h6-13,15,20-22,28H,5,14H2,1-4H3;(H,6,7)/t20?,21?,22?,26-;/m1./s1. The first-order chi connectivity index (χ1) is 18.7. The number of carbonyl (C=O) groups excluding carboxylic acids is 3. The van der Waals surface area contributed by atoms with Gasteiger partial charge in [0.25, 0.3) is 0 Å². The van der Waals surface area contributed by atoms with E-state index in [9.17, 15) is 27.6 Å². The number of carboxylic acid groups (broad SMARTS) is 1. The van der Waals surface area contributed by atoms with Crippen LogP contribution < -0.4 is 5.32 Å². The van der Waals surface area contributed by atoms with E-state index in [0.29, 0.717) is 11.4 Å². The number of hydrogen-bond donors (Lipinski definition) is 2. The molecule has 8 nitrogen and oxygen atoms in total. The van der Waals surface area contributed by atoms with Crippen LogP contribution in [0.25, 0.3) is 11.1 Å². The number of rotatable bonds is 6. The number of nitrogens with one attached hydrogen (secondary N) is 1. The van der Waals surface area contributed by atoms with E-state index < -0.39 is 41.5 Å². The van der Waals surface area contributed by atoms with Crippen molar-refractivity contribution < 1.29 is 42.2 Å². The summed E-state index contributed by atoms with van der Waals surface area (Å²) in [5.74, 6) is -5.14. The molecule has 216 valence electrons. The molecule has 0 aromatic heterocycles. The molecule has 0 saturated carbocycles. The first kappa shape index (κ1) is 31.1. The van der Waals surface area contributed by atoms with Crippen molar-refractivity contribution >= 4 is 35.4 Å². The van der Waals surface area contributed by atoms with Crippen molar-refractivity contribution in [2.24, 2.45) is 17.8 Å². The number of fused-ring (bicyclic) bond motifs is 1. The second-order valence-corrected chi connectivity index (χ2v) is 10.5. The number of alkyl halides is 3. The molecule has 2 aliphatic heterocycles. The molecule has 2 aromatic carbocycles. The summed E-state index contributed by atoms with van der Waals surface area (Å²) in [4.78, 5) is 50.0. The topological polar surface area (TPSA) is 113 Å². The fourth-order valence-electron chi connectivity index (χ4n) is 5.50. The lowest BCUT2D eigenvalue weighted by molar-refractivity contribution is -0.192. The van der Waals surface area contributed by atoms with E-state index in [4.69, 9.17) is 26.2 Å². The molecule has 0 bridgehead atoms. The Bertz CT molecular complexity index is 1280. The number of esters is 1. The van der Waals surface area contributed by atoms with Gasteiger partial charge in [-0.15, -0.1) is 0 Å². The second-order valence-electron chi connectivity index (χ2n) is 10.0. The maximum absolute atomic E-state index is 13.3. The van der Waals surface area contributed by atoms with Crippen molar-refractivity contribution in [2.75, 3.05) is 13.7 Å². The Labute approximate surface area is 234 Å². The number of halogens is 4. The molecular weight excluding hydrogens is 553 g/mol. The van der Waals surface area contributed by atoms with Crippen molar-refractivity contribution in [1.29, 1.82) is 0 Å². The highest BCUT2D eigenvalue weighted by Crippen LogP contribution is 2.51. The van der Waals surface area contributed by atoms with Gasteiger partial charge in [-0.2, -0.15) is 13.2 Å². The predicted octanol–water partition coefficient (Wildman–Crippen LogP) is 4.86. The van der Waals surface area contributed by atoms with Crippen molar-refractivity contribution in [2.45, 2.75) is 44.9 Å². The van der Waals surface area contributed by atoms with Crippen LogP contribution in [0.2, 0.25) is 5.02 Å². The van der Waals surface area contributed by atoms with Crippen LogP contribution in [-0.4, -0.2) is 59.1 Å². The Morgan fingerprint density at radius 1 is 1.10 bits per heavy atom. The van der Waals surface area contributed by atoms with Gasteiger partial charge in [-0.1, -0.05) is 61.8 Å². The smallest absolute Gasteiger partial charge is 0.475 e. The fraction of sp³-hybridized carbons (Fsp3) is 0.429. The second kappa shape index (κ2) is 12.0. The maximum atomic E-state index is 13.3. The van der Waals surface area contributed by atoms with Gasteiger partial charge < -0.3 is 9.84 Å². The molecule has 3 unspecified atom stereocenters. The molecule has 2 heterocycles. The molecule has 0 aliphatic carbocycles. The van der Waals surface area contributed by atoms with Crippen LogP contribution in [0.1, 0.15) is 38.8 Å². The van der Waals surface area contributed by atoms with E-state index in [1.165, 1.54) is 12.0 Å². The van der Waals surface area contributed by atoms with E-state index in [1.807, 2.05) is 62.4 Å². The minimum absolute atomic E-state index is 0.111. The third-order valence-electron chi connectivity index (χ3n) is 7.01. The first-order valence-corrected chi connectivity index (χ1v) is 12.9. The monoisotopic (exact) mass is 582 g/mol. The number of amides is 2. The molecule has 2 N–H and O–H groups in total. The van der Waals surface area contributed by atoms with Crippen LogP contribution in [0.3, 0.4) is 0 Å². The lowest BCUT2D eigenvalue weighted by atomic mass is 9.75. The number of hydrogen-bond acceptors (Lipinski definition) is 6. The summed E-state index contributed by atoms with van der Waals surface area (Å²) in [7, 11) is 1.33. The molecule has 40 heavy (non-hydrogen) atoms. The minimum atomic E-state index is -5.08. The van der Waals surface area contributed by atoms with E-state index in [-0.39, 0.29) is 24.3 Å². The minimum Gasteiger partial charge on any atom is -0.475 e. The van der Waals surface area contributed by atoms with E-state index in [1.54, 1.807) is 6.92 Å². The number of aliphatic carboxylic acids is 1. The zero-order valence-electron chi connectivity index (χ0n) is 22.3. The number of ether oxygens (including phenoxy) is 1. The molecular formula is C28H30ClF3N2O6. The Morgan fingerprint density at radius 3 is 2.17 bits per heavy atom. The van der Waals surface area contributed by atoms with Crippen molar-refractivity contribution in [3.8, 4) is 11.1 Å². The van der Waals surface area contributed by atoms with Crippen LogP contribution in [0.4, 0.5) is 13.2 Å². The molecule has 4 rings (SSSR count). The van der Waals surface area contributed by atoms with Gasteiger partial charge in [0.05, 0.1) is 18.9 Å². The van der Waals surface area contributed by atoms with E-state index >= 15 is 0 Å². The maximum Gasteiger partial charge on any atom is 0.490 e. The van der Waals surface area contributed by atoms with Gasteiger partial charge in [-0.05, 0) is 48.1 Å². The first-order valence-electron chi connectivity index (χ1n) is 12.5. The summed E-state index contributed by atoms with van der Waals surface area (Å²) in [5.41, 5.74) is 1.57. The third-order valence-corrected chi connectivity index (χ3v) is 7.25. The Kier molecular flexibility index (Phi) is 9.31. The fourth-order valence-corrected chi connectivity index (χ4v) is 5.69. The number of carboxylic acids is 1. The molecule has 0 spiro atoms. The summed E-state index contributed by atoms with van der Waals surface area (Å²) in [6.07, 6.45) is -4.69. The summed E-state index contributed by atoms with van der Waals surface area (Å²) >= 11 is 6.14. The van der Waals surface area contributed by atoms with Crippen molar-refractivity contribution in [1.82, 2.24) is 10.2 Å². The summed E-state index contributed by atoms with van der Waals surface area (Å²) < 4.78 is 36.9. The lowest BCUT2D eigenvalue weighted by Crippen LogP contribution is -2.57. The summed E-state index contributed by atoms with van der Waals surface area (Å²) in [6, 6.07) is 14.9. The Balaban J connectivity index is 0.000000559. The predicted molar refractivity (Wildman–Crippen MR) is 140 cm³/mol. The molecule has 2 aliphatic rings. The molecule has 2 aromatic rings. The van der Waals surface area contributed by atoms with Crippen LogP contribution in [0, 0.1) is 17.8 Å². The number of likely N-dealkylation sites (tertiary alicyclic amines) is 1. The number of imide groups is 1. The van der Waals surface area contributed by atoms with Gasteiger partial charge in [0, 0.05) is 17.6 Å². The average molecular weight is 583 g/mol. The highest BCUT2D eigenvalue weighted by atomic mass is 35.5. The highest BCUT2D eigenvalue weighted by Gasteiger charge is 2.68. The number of nitrogens with zero attached hydrogens (tertiary/aromatic N) is 1. The zero-order chi connectivity index (χ0) is 30.0. The quantitative estimate of drug-likeness (QED) is 0.369. The molecule has 2 fully saturated rings. The van der Waals surface area contributed by atoms with Crippen LogP contribution in [0.15, 0.2) is 48.5 Å². The van der Waals surface area contributed by atoms with Crippen LogP contribution >= 0.6 is 11.6 Å². The van der Waals surface area contributed by atoms with Gasteiger partial charge in [0.1, 0.15) is 5.54 Å². The van der Waals surface area contributed by atoms with Crippen LogP contribution in [-0.2, 0) is 23.9 Å². The van der Waals surface area contributed by atoms with Gasteiger partial charge in [0.2, 0.25) is 11.8 Å². The Hall–Kier alpha value is -3.44. The van der Waals surface area contributed by atoms with Crippen LogP contribution in [0.5, 0.6) is 0 Å². The normalized spacial score (nSPS) is 24.0.